The van der Waals surface area contributed by atoms with Crippen molar-refractivity contribution in [3.8, 4) is 0 Å². The molecule has 3 saturated carbocycles. The summed E-state index contributed by atoms with van der Waals surface area (Å²) in [5.74, 6) is 2.59. The molecule has 138 valence electrons. The molecule has 5 rings (SSSR count). The Morgan fingerprint density at radius 1 is 1.00 bits per heavy atom. The number of aliphatic hydroxyl groups is 1. The number of hydrogen-bond donors (Lipinski definition) is 1. The molecule has 1 aliphatic heterocycles. The van der Waals surface area contributed by atoms with Crippen molar-refractivity contribution >= 4 is 5.78 Å². The maximum absolute atomic E-state index is 11.9. The highest BCUT2D eigenvalue weighted by Gasteiger charge is 2.66. The molecular weight excluding hydrogens is 312 g/mol. The van der Waals surface area contributed by atoms with Crippen LogP contribution >= 0.6 is 0 Å². The summed E-state index contributed by atoms with van der Waals surface area (Å²) in [5.41, 5.74) is 1.87. The van der Waals surface area contributed by atoms with Gasteiger partial charge in [-0.05, 0) is 86.0 Å². The molecule has 0 aromatic carbocycles. The van der Waals surface area contributed by atoms with Crippen LogP contribution in [0.2, 0.25) is 0 Å². The first kappa shape index (κ1) is 16.5. The van der Waals surface area contributed by atoms with Gasteiger partial charge in [-0.3, -0.25) is 4.79 Å². The molecule has 5 aliphatic rings. The zero-order valence-corrected chi connectivity index (χ0v) is 15.7. The maximum atomic E-state index is 11.9. The summed E-state index contributed by atoms with van der Waals surface area (Å²) in [6.07, 6.45) is 12.3. The molecule has 0 aromatic heterocycles. The Bertz CT molecular complexity index is 639. The fourth-order valence-electron chi connectivity index (χ4n) is 7.99. The standard InChI is InChI=1S/C22H32O3/c1-20-9-5-15(23)13-14(20)3-4-16-17(20)6-10-21(2)18(16)7-11-22(21)12-8-19(24)25-22/h13,16-19,24H,3-12H2,1-2H3/t16-,17+,18+,19?,20+,21+,22-/m1/s1. The SMILES string of the molecule is C[C@]12CCC(=O)C=C1CC[C@@H]1[C@@H]2CC[C@@]2(C)[C@H]1CC[C@@]21CCC(O)O1. The summed E-state index contributed by atoms with van der Waals surface area (Å²) in [6.45, 7) is 4.92. The Morgan fingerprint density at radius 2 is 1.76 bits per heavy atom. The van der Waals surface area contributed by atoms with Gasteiger partial charge in [0.15, 0.2) is 12.1 Å². The van der Waals surface area contributed by atoms with E-state index in [1.807, 2.05) is 6.08 Å². The van der Waals surface area contributed by atoms with Crippen LogP contribution in [0.5, 0.6) is 0 Å². The molecule has 1 spiro atoms. The van der Waals surface area contributed by atoms with Crippen molar-refractivity contribution in [2.75, 3.05) is 0 Å². The number of ketones is 1. The number of ether oxygens (including phenoxy) is 1. The third-order valence-corrected chi connectivity index (χ3v) is 9.41. The second-order valence-corrected chi connectivity index (χ2v) is 10.1. The molecule has 1 N–H and O–H groups in total. The van der Waals surface area contributed by atoms with Gasteiger partial charge in [0.2, 0.25) is 0 Å². The summed E-state index contributed by atoms with van der Waals surface area (Å²) >= 11 is 0. The van der Waals surface area contributed by atoms with Gasteiger partial charge in [0.25, 0.3) is 0 Å². The van der Waals surface area contributed by atoms with Crippen LogP contribution in [0, 0.1) is 28.6 Å². The van der Waals surface area contributed by atoms with Crippen LogP contribution in [0.1, 0.15) is 78.1 Å². The van der Waals surface area contributed by atoms with Crippen molar-refractivity contribution in [1.29, 1.82) is 0 Å². The Kier molecular flexibility index (Phi) is 3.43. The van der Waals surface area contributed by atoms with E-state index in [9.17, 15) is 9.90 Å². The van der Waals surface area contributed by atoms with Gasteiger partial charge >= 0.3 is 0 Å². The topological polar surface area (TPSA) is 46.5 Å². The average molecular weight is 344 g/mol. The van der Waals surface area contributed by atoms with Crippen LogP contribution in [0.3, 0.4) is 0 Å². The number of carbonyl (C=O) groups excluding carboxylic acids is 1. The van der Waals surface area contributed by atoms with Crippen molar-refractivity contribution in [2.24, 2.45) is 28.6 Å². The molecule has 0 amide bonds. The number of carbonyl (C=O) groups is 1. The van der Waals surface area contributed by atoms with E-state index < -0.39 is 6.29 Å². The van der Waals surface area contributed by atoms with Gasteiger partial charge in [-0.25, -0.2) is 0 Å². The Balaban J connectivity index is 1.48. The minimum absolute atomic E-state index is 0.0679. The van der Waals surface area contributed by atoms with Crippen LogP contribution in [-0.4, -0.2) is 22.8 Å². The number of fused-ring (bicyclic) bond motifs is 6. The van der Waals surface area contributed by atoms with Gasteiger partial charge in [-0.2, -0.15) is 0 Å². The van der Waals surface area contributed by atoms with Gasteiger partial charge in [0.05, 0.1) is 5.60 Å². The lowest BCUT2D eigenvalue weighted by atomic mass is 9.46. The second-order valence-electron chi connectivity index (χ2n) is 10.1. The minimum Gasteiger partial charge on any atom is -0.368 e. The molecule has 4 aliphatic carbocycles. The minimum atomic E-state index is -0.545. The molecule has 0 bridgehead atoms. The first-order valence-corrected chi connectivity index (χ1v) is 10.5. The smallest absolute Gasteiger partial charge is 0.155 e. The van der Waals surface area contributed by atoms with Gasteiger partial charge in [-0.1, -0.05) is 19.4 Å². The van der Waals surface area contributed by atoms with E-state index in [1.54, 1.807) is 0 Å². The first-order valence-electron chi connectivity index (χ1n) is 10.5. The van der Waals surface area contributed by atoms with Crippen molar-refractivity contribution < 1.29 is 14.6 Å². The quantitative estimate of drug-likeness (QED) is 0.709. The molecule has 3 nitrogen and oxygen atoms in total. The van der Waals surface area contributed by atoms with Crippen molar-refractivity contribution in [3.63, 3.8) is 0 Å². The van der Waals surface area contributed by atoms with Crippen LogP contribution < -0.4 is 0 Å². The summed E-state index contributed by atoms with van der Waals surface area (Å²) in [7, 11) is 0. The van der Waals surface area contributed by atoms with Crippen molar-refractivity contribution in [3.05, 3.63) is 11.6 Å². The lowest BCUT2D eigenvalue weighted by Crippen LogP contribution is -2.54. The number of aliphatic hydroxyl groups excluding tert-OH is 1. The van der Waals surface area contributed by atoms with Crippen molar-refractivity contribution in [2.45, 2.75) is 89.9 Å². The molecule has 0 radical (unpaired) electrons. The van der Waals surface area contributed by atoms with Crippen LogP contribution in [0.15, 0.2) is 11.6 Å². The third kappa shape index (κ3) is 2.03. The predicted octanol–water partition coefficient (Wildman–Crippen LogP) is 4.39. The summed E-state index contributed by atoms with van der Waals surface area (Å²) in [6, 6.07) is 0. The van der Waals surface area contributed by atoms with E-state index in [0.717, 1.165) is 56.3 Å². The zero-order chi connectivity index (χ0) is 17.4. The average Bonchev–Trinajstić information content (AvgIpc) is 3.10. The highest BCUT2D eigenvalue weighted by atomic mass is 16.6. The summed E-state index contributed by atoms with van der Waals surface area (Å²) < 4.78 is 6.21. The van der Waals surface area contributed by atoms with Gasteiger partial charge in [-0.15, -0.1) is 0 Å². The first-order chi connectivity index (χ1) is 11.9. The maximum Gasteiger partial charge on any atom is 0.155 e. The third-order valence-electron chi connectivity index (χ3n) is 9.41. The second kappa shape index (κ2) is 5.19. The molecular formula is C22H32O3. The summed E-state index contributed by atoms with van der Waals surface area (Å²) in [5, 5.41) is 10.1. The highest BCUT2D eigenvalue weighted by Crippen LogP contribution is 2.69. The normalized spacial score (nSPS) is 54.8. The number of rotatable bonds is 0. The van der Waals surface area contributed by atoms with Gasteiger partial charge in [0, 0.05) is 12.8 Å². The Morgan fingerprint density at radius 3 is 2.52 bits per heavy atom. The van der Waals surface area contributed by atoms with Gasteiger partial charge < -0.3 is 9.84 Å². The largest absolute Gasteiger partial charge is 0.368 e. The van der Waals surface area contributed by atoms with Crippen molar-refractivity contribution in [1.82, 2.24) is 0 Å². The zero-order valence-electron chi connectivity index (χ0n) is 15.7. The van der Waals surface area contributed by atoms with E-state index in [1.165, 1.54) is 31.3 Å². The van der Waals surface area contributed by atoms with E-state index in [4.69, 9.17) is 4.74 Å². The fraction of sp³-hybridized carbons (Fsp3) is 0.864. The molecule has 1 heterocycles. The molecule has 1 saturated heterocycles. The molecule has 25 heavy (non-hydrogen) atoms. The van der Waals surface area contributed by atoms with E-state index in [0.29, 0.717) is 5.78 Å². The Hall–Kier alpha value is -0.670. The molecule has 0 aromatic rings. The monoisotopic (exact) mass is 344 g/mol. The molecule has 3 heteroatoms. The Labute approximate surface area is 151 Å². The fourth-order valence-corrected chi connectivity index (χ4v) is 7.99. The van der Waals surface area contributed by atoms with Gasteiger partial charge in [0.1, 0.15) is 0 Å². The van der Waals surface area contributed by atoms with E-state index in [-0.39, 0.29) is 16.4 Å². The molecule has 1 unspecified atom stereocenters. The number of allylic oxidation sites excluding steroid dienone is 1. The molecule has 4 fully saturated rings. The van der Waals surface area contributed by atoms with Crippen LogP contribution in [0.4, 0.5) is 0 Å². The van der Waals surface area contributed by atoms with E-state index in [2.05, 4.69) is 13.8 Å². The van der Waals surface area contributed by atoms with Crippen LogP contribution in [0.25, 0.3) is 0 Å². The van der Waals surface area contributed by atoms with Crippen LogP contribution in [-0.2, 0) is 9.53 Å². The lowest BCUT2D eigenvalue weighted by molar-refractivity contribution is -0.195. The summed E-state index contributed by atoms with van der Waals surface area (Å²) in [4.78, 5) is 11.9. The highest BCUT2D eigenvalue weighted by molar-refractivity contribution is 5.91. The lowest BCUT2D eigenvalue weighted by Gasteiger charge is -2.59. The number of hydrogen-bond acceptors (Lipinski definition) is 3. The predicted molar refractivity (Wildman–Crippen MR) is 95.8 cm³/mol. The molecule has 7 atom stereocenters. The van der Waals surface area contributed by atoms with E-state index >= 15 is 0 Å².